The molecule has 1 aromatic rings. The lowest BCUT2D eigenvalue weighted by Crippen LogP contribution is -2.28. The Morgan fingerprint density at radius 3 is 2.78 bits per heavy atom. The maximum absolute atomic E-state index is 12.2. The molecule has 2 N–H and O–H groups in total. The van der Waals surface area contributed by atoms with E-state index in [1.807, 2.05) is 6.92 Å². The fourth-order valence-electron chi connectivity index (χ4n) is 2.66. The van der Waals surface area contributed by atoms with Crippen molar-refractivity contribution in [1.82, 2.24) is 5.32 Å². The van der Waals surface area contributed by atoms with Crippen molar-refractivity contribution in [1.29, 1.82) is 0 Å². The number of carbonyl (C=O) groups excluding carboxylic acids is 1. The number of amides is 1. The van der Waals surface area contributed by atoms with Gasteiger partial charge in [-0.25, -0.2) is 0 Å². The molecule has 0 aromatic heterocycles. The van der Waals surface area contributed by atoms with Crippen LogP contribution in [0.2, 0.25) is 5.02 Å². The smallest absolute Gasteiger partial charge is 0.224 e. The van der Waals surface area contributed by atoms with Gasteiger partial charge >= 0.3 is 0 Å². The highest BCUT2D eigenvalue weighted by Gasteiger charge is 2.16. The minimum absolute atomic E-state index is 0. The quantitative estimate of drug-likeness (QED) is 0.697. The van der Waals surface area contributed by atoms with Gasteiger partial charge in [0, 0.05) is 11.4 Å². The largest absolute Gasteiger partial charge is 0.491 e. The summed E-state index contributed by atoms with van der Waals surface area (Å²) in [6, 6.07) is 3.48. The minimum atomic E-state index is 0. The summed E-state index contributed by atoms with van der Waals surface area (Å²) in [6.07, 6.45) is 3.76. The fourth-order valence-corrected chi connectivity index (χ4v) is 3.59. The van der Waals surface area contributed by atoms with E-state index in [1.54, 1.807) is 12.1 Å². The molecule has 1 aliphatic rings. The van der Waals surface area contributed by atoms with Crippen molar-refractivity contribution in [2.75, 3.05) is 25.0 Å². The van der Waals surface area contributed by atoms with Gasteiger partial charge in [0.15, 0.2) is 5.75 Å². The van der Waals surface area contributed by atoms with E-state index < -0.39 is 0 Å². The number of benzene rings is 1. The van der Waals surface area contributed by atoms with Crippen LogP contribution in [0.15, 0.2) is 16.6 Å². The number of anilines is 1. The first-order chi connectivity index (χ1) is 10.6. The molecule has 130 valence electrons. The van der Waals surface area contributed by atoms with Crippen molar-refractivity contribution in [2.45, 2.75) is 32.6 Å². The van der Waals surface area contributed by atoms with Crippen molar-refractivity contribution in [3.8, 4) is 5.75 Å². The maximum atomic E-state index is 12.2. The van der Waals surface area contributed by atoms with Gasteiger partial charge in [-0.3, -0.25) is 4.79 Å². The Morgan fingerprint density at radius 1 is 1.43 bits per heavy atom. The zero-order valence-electron chi connectivity index (χ0n) is 13.2. The Labute approximate surface area is 157 Å². The molecule has 0 saturated carbocycles. The average molecular weight is 426 g/mol. The van der Waals surface area contributed by atoms with Gasteiger partial charge in [-0.2, -0.15) is 0 Å². The van der Waals surface area contributed by atoms with E-state index >= 15 is 0 Å². The van der Waals surface area contributed by atoms with Crippen molar-refractivity contribution in [2.24, 2.45) is 5.92 Å². The van der Waals surface area contributed by atoms with Crippen LogP contribution in [-0.2, 0) is 4.79 Å². The van der Waals surface area contributed by atoms with Crippen molar-refractivity contribution in [3.63, 3.8) is 0 Å². The Balaban J connectivity index is 0.00000264. The summed E-state index contributed by atoms with van der Waals surface area (Å²) in [4.78, 5) is 12.2. The summed E-state index contributed by atoms with van der Waals surface area (Å²) < 4.78 is 6.34. The Bertz CT molecular complexity index is 523. The summed E-state index contributed by atoms with van der Waals surface area (Å²) in [5.74, 6) is 1.28. The summed E-state index contributed by atoms with van der Waals surface area (Å²) in [5, 5.41) is 6.82. The molecule has 0 aliphatic carbocycles. The van der Waals surface area contributed by atoms with Crippen LogP contribution in [0.5, 0.6) is 5.75 Å². The van der Waals surface area contributed by atoms with E-state index in [9.17, 15) is 4.79 Å². The molecule has 0 radical (unpaired) electrons. The number of halogens is 3. The van der Waals surface area contributed by atoms with Crippen molar-refractivity contribution < 1.29 is 9.53 Å². The van der Waals surface area contributed by atoms with E-state index in [4.69, 9.17) is 16.3 Å². The SMILES string of the molecule is CCOc1c(Br)cc(Cl)cc1NC(=O)CCC1CCNCC1.Cl. The number of piperidine rings is 1. The lowest BCUT2D eigenvalue weighted by Gasteiger charge is -2.22. The first kappa shape index (κ1) is 20.6. The molecule has 1 amide bonds. The van der Waals surface area contributed by atoms with Gasteiger partial charge in [-0.05, 0) is 73.3 Å². The topological polar surface area (TPSA) is 50.4 Å². The molecule has 0 unspecified atom stereocenters. The molecular weight excluding hydrogens is 403 g/mol. The second-order valence-corrected chi connectivity index (χ2v) is 6.77. The Kier molecular flexibility index (Phi) is 9.29. The van der Waals surface area contributed by atoms with Gasteiger partial charge < -0.3 is 15.4 Å². The standard InChI is InChI=1S/C16H22BrClN2O2.ClH/c1-2-22-16-13(17)9-12(18)10-14(16)20-15(21)4-3-11-5-7-19-8-6-11;/h9-11,19H,2-8H2,1H3,(H,20,21);1H. The lowest BCUT2D eigenvalue weighted by molar-refractivity contribution is -0.116. The fraction of sp³-hybridized carbons (Fsp3) is 0.562. The van der Waals surface area contributed by atoms with Gasteiger partial charge in [0.25, 0.3) is 0 Å². The molecular formula is C16H23BrCl2N2O2. The number of ether oxygens (including phenoxy) is 1. The van der Waals surface area contributed by atoms with Gasteiger partial charge in [-0.15, -0.1) is 12.4 Å². The van der Waals surface area contributed by atoms with Gasteiger partial charge in [0.05, 0.1) is 16.8 Å². The van der Waals surface area contributed by atoms with E-state index in [0.29, 0.717) is 35.4 Å². The second-order valence-electron chi connectivity index (χ2n) is 5.48. The predicted molar refractivity (Wildman–Crippen MR) is 101 cm³/mol. The molecule has 0 spiro atoms. The third-order valence-corrected chi connectivity index (χ3v) is 4.62. The van der Waals surface area contributed by atoms with Gasteiger partial charge in [0.1, 0.15) is 0 Å². The molecule has 1 aliphatic heterocycles. The normalized spacial score (nSPS) is 14.9. The van der Waals surface area contributed by atoms with Crippen molar-refractivity contribution >= 4 is 51.5 Å². The number of hydrogen-bond acceptors (Lipinski definition) is 3. The van der Waals surface area contributed by atoms with Crippen LogP contribution < -0.4 is 15.4 Å². The van der Waals surface area contributed by atoms with Crippen LogP contribution in [0.1, 0.15) is 32.6 Å². The predicted octanol–water partition coefficient (Wildman–Crippen LogP) is 4.64. The summed E-state index contributed by atoms with van der Waals surface area (Å²) in [7, 11) is 0. The van der Waals surface area contributed by atoms with Gasteiger partial charge in [-0.1, -0.05) is 11.6 Å². The third kappa shape index (κ3) is 6.49. The highest BCUT2D eigenvalue weighted by Crippen LogP contribution is 2.36. The molecule has 1 heterocycles. The molecule has 0 bridgehead atoms. The molecule has 23 heavy (non-hydrogen) atoms. The van der Waals surface area contributed by atoms with Crippen LogP contribution in [0.4, 0.5) is 5.69 Å². The van der Waals surface area contributed by atoms with Crippen molar-refractivity contribution in [3.05, 3.63) is 21.6 Å². The van der Waals surface area contributed by atoms with Gasteiger partial charge in [0.2, 0.25) is 5.91 Å². The Morgan fingerprint density at radius 2 is 2.13 bits per heavy atom. The van der Waals surface area contributed by atoms with Crippen LogP contribution in [0.3, 0.4) is 0 Å². The van der Waals surface area contributed by atoms with E-state index in [2.05, 4.69) is 26.6 Å². The lowest BCUT2D eigenvalue weighted by atomic mass is 9.93. The van der Waals surface area contributed by atoms with Crippen LogP contribution in [0, 0.1) is 5.92 Å². The second kappa shape index (κ2) is 10.4. The van der Waals surface area contributed by atoms with Crippen LogP contribution in [0.25, 0.3) is 0 Å². The third-order valence-electron chi connectivity index (χ3n) is 3.81. The molecule has 1 saturated heterocycles. The average Bonchev–Trinajstić information content (AvgIpc) is 2.50. The highest BCUT2D eigenvalue weighted by atomic mass is 79.9. The molecule has 2 rings (SSSR count). The molecule has 0 atom stereocenters. The van der Waals surface area contributed by atoms with E-state index in [0.717, 1.165) is 36.8 Å². The van der Waals surface area contributed by atoms with Crippen LogP contribution >= 0.6 is 39.9 Å². The Hall–Kier alpha value is -0.490. The zero-order valence-corrected chi connectivity index (χ0v) is 16.3. The first-order valence-corrected chi connectivity index (χ1v) is 8.89. The first-order valence-electron chi connectivity index (χ1n) is 7.72. The van der Waals surface area contributed by atoms with Crippen LogP contribution in [-0.4, -0.2) is 25.6 Å². The zero-order chi connectivity index (χ0) is 15.9. The number of nitrogens with one attached hydrogen (secondary N) is 2. The maximum Gasteiger partial charge on any atom is 0.224 e. The number of rotatable bonds is 6. The molecule has 7 heteroatoms. The summed E-state index contributed by atoms with van der Waals surface area (Å²) in [6.45, 7) is 4.55. The summed E-state index contributed by atoms with van der Waals surface area (Å²) >= 11 is 9.48. The highest BCUT2D eigenvalue weighted by molar-refractivity contribution is 9.10. The molecule has 1 aromatic carbocycles. The van der Waals surface area contributed by atoms with E-state index in [1.165, 1.54) is 0 Å². The van der Waals surface area contributed by atoms with E-state index in [-0.39, 0.29) is 18.3 Å². The molecule has 4 nitrogen and oxygen atoms in total. The molecule has 1 fully saturated rings. The minimum Gasteiger partial charge on any atom is -0.491 e. The monoisotopic (exact) mass is 424 g/mol. The number of carbonyl (C=O) groups is 1. The number of hydrogen-bond donors (Lipinski definition) is 2. The summed E-state index contributed by atoms with van der Waals surface area (Å²) in [5.41, 5.74) is 0.622.